The number of carbonyl (C=O) groups excluding carboxylic acids is 2. The van der Waals surface area contributed by atoms with Gasteiger partial charge in [0, 0.05) is 12.1 Å². The fraction of sp³-hybridized carbons (Fsp3) is 0.750. The minimum absolute atomic E-state index is 0.0169. The molecule has 0 aliphatic heterocycles. The second kappa shape index (κ2) is 9.18. The van der Waals surface area contributed by atoms with Crippen molar-refractivity contribution in [3.8, 4) is 0 Å². The van der Waals surface area contributed by atoms with E-state index in [2.05, 4.69) is 20.9 Å². The molecular weight excluding hydrogens is 248 g/mol. The molecule has 7 nitrogen and oxygen atoms in total. The third kappa shape index (κ3) is 8.01. The van der Waals surface area contributed by atoms with Crippen LogP contribution in [0.25, 0.3) is 0 Å². The molecule has 0 bridgehead atoms. The zero-order chi connectivity index (χ0) is 14.8. The molecule has 4 amide bonds. The molecule has 3 N–H and O–H groups in total. The van der Waals surface area contributed by atoms with E-state index in [1.54, 1.807) is 0 Å². The first-order chi connectivity index (χ1) is 8.92. The predicted molar refractivity (Wildman–Crippen MR) is 74.1 cm³/mol. The summed E-state index contributed by atoms with van der Waals surface area (Å²) in [5, 5.41) is 7.69. The second-order valence-corrected chi connectivity index (χ2v) is 4.29. The first kappa shape index (κ1) is 17.2. The number of hydrogen-bond acceptors (Lipinski definition) is 3. The smallest absolute Gasteiger partial charge is 0.345 e. The number of nitrogens with zero attached hydrogens (tertiary/aromatic N) is 1. The molecule has 0 spiro atoms. The van der Waals surface area contributed by atoms with Crippen LogP contribution in [0.1, 0.15) is 40.5 Å². The zero-order valence-electron chi connectivity index (χ0n) is 12.2. The summed E-state index contributed by atoms with van der Waals surface area (Å²) in [6.45, 7) is 7.64. The lowest BCUT2D eigenvalue weighted by Crippen LogP contribution is -2.44. The highest BCUT2D eigenvalue weighted by atomic mass is 16.5. The predicted octanol–water partition coefficient (Wildman–Crippen LogP) is 1.59. The number of carbonyl (C=O) groups is 2. The Labute approximate surface area is 114 Å². The third-order valence-electron chi connectivity index (χ3n) is 2.59. The van der Waals surface area contributed by atoms with Gasteiger partial charge in [-0.15, -0.1) is 4.99 Å². The molecule has 0 aliphatic carbocycles. The van der Waals surface area contributed by atoms with Gasteiger partial charge in [0.1, 0.15) is 0 Å². The standard InChI is InChI=1S/C12H24N4O3/c1-6-8(3)13-10(17)15-12(19-5)16-11(18)14-9(4)7-2/h8-9H,6-7H2,1-5H3,(H3,13,14,15,16,17,18). The average Bonchev–Trinajstić information content (AvgIpc) is 2.37. The van der Waals surface area contributed by atoms with Crippen molar-refractivity contribution >= 4 is 18.1 Å². The molecule has 0 aromatic carbocycles. The first-order valence-corrected chi connectivity index (χ1v) is 6.43. The molecule has 2 unspecified atom stereocenters. The number of ether oxygens (including phenoxy) is 1. The molecule has 0 radical (unpaired) electrons. The molecule has 0 heterocycles. The van der Waals surface area contributed by atoms with Gasteiger partial charge in [-0.2, -0.15) is 0 Å². The molecule has 0 rings (SSSR count). The summed E-state index contributed by atoms with van der Waals surface area (Å²) in [4.78, 5) is 26.6. The maximum Gasteiger partial charge on any atom is 0.345 e. The van der Waals surface area contributed by atoms with Crippen molar-refractivity contribution in [1.29, 1.82) is 0 Å². The van der Waals surface area contributed by atoms with E-state index < -0.39 is 12.1 Å². The lowest BCUT2D eigenvalue weighted by molar-refractivity contribution is 0.238. The van der Waals surface area contributed by atoms with Crippen molar-refractivity contribution in [3.05, 3.63) is 0 Å². The summed E-state index contributed by atoms with van der Waals surface area (Å²) >= 11 is 0. The fourth-order valence-corrected chi connectivity index (χ4v) is 1.02. The maximum atomic E-state index is 11.5. The summed E-state index contributed by atoms with van der Waals surface area (Å²) in [5.41, 5.74) is 0. The molecule has 7 heteroatoms. The Kier molecular flexibility index (Phi) is 8.32. The van der Waals surface area contributed by atoms with Gasteiger partial charge in [-0.25, -0.2) is 9.59 Å². The second-order valence-electron chi connectivity index (χ2n) is 4.29. The molecule has 110 valence electrons. The van der Waals surface area contributed by atoms with Gasteiger partial charge in [0.25, 0.3) is 0 Å². The molecule has 0 saturated carbocycles. The summed E-state index contributed by atoms with van der Waals surface area (Å²) < 4.78 is 4.84. The minimum Gasteiger partial charge on any atom is -0.468 e. The lowest BCUT2D eigenvalue weighted by atomic mass is 10.3. The molecule has 0 aliphatic rings. The highest BCUT2D eigenvalue weighted by Gasteiger charge is 2.11. The topological polar surface area (TPSA) is 91.8 Å². The van der Waals surface area contributed by atoms with Crippen LogP contribution in [0, 0.1) is 0 Å². The van der Waals surface area contributed by atoms with Crippen molar-refractivity contribution in [3.63, 3.8) is 0 Å². The van der Waals surface area contributed by atoms with Crippen molar-refractivity contribution in [2.75, 3.05) is 7.11 Å². The summed E-state index contributed by atoms with van der Waals surface area (Å²) in [7, 11) is 1.33. The van der Waals surface area contributed by atoms with Crippen LogP contribution < -0.4 is 16.0 Å². The number of hydrogen-bond donors (Lipinski definition) is 3. The number of aliphatic imine (C=N–C) groups is 1. The Morgan fingerprint density at radius 2 is 1.63 bits per heavy atom. The van der Waals surface area contributed by atoms with E-state index in [1.807, 2.05) is 27.7 Å². The lowest BCUT2D eigenvalue weighted by Gasteiger charge is -2.13. The van der Waals surface area contributed by atoms with Gasteiger partial charge >= 0.3 is 18.1 Å². The highest BCUT2D eigenvalue weighted by Crippen LogP contribution is 1.90. The number of rotatable bonds is 4. The molecule has 0 aromatic rings. The van der Waals surface area contributed by atoms with Gasteiger partial charge in [-0.3, -0.25) is 5.32 Å². The van der Waals surface area contributed by atoms with Crippen LogP contribution in [-0.4, -0.2) is 37.3 Å². The number of amides is 4. The number of amidine groups is 1. The molecule has 19 heavy (non-hydrogen) atoms. The Morgan fingerprint density at radius 3 is 2.11 bits per heavy atom. The minimum atomic E-state index is -0.546. The van der Waals surface area contributed by atoms with E-state index in [4.69, 9.17) is 4.74 Å². The Balaban J connectivity index is 4.40. The maximum absolute atomic E-state index is 11.5. The van der Waals surface area contributed by atoms with E-state index in [0.717, 1.165) is 12.8 Å². The van der Waals surface area contributed by atoms with E-state index in [1.165, 1.54) is 7.11 Å². The van der Waals surface area contributed by atoms with Crippen LogP contribution >= 0.6 is 0 Å². The van der Waals surface area contributed by atoms with Crippen LogP contribution in [0.2, 0.25) is 0 Å². The fourth-order valence-electron chi connectivity index (χ4n) is 1.02. The number of methoxy groups -OCH3 is 1. The van der Waals surface area contributed by atoms with Gasteiger partial charge in [0.2, 0.25) is 0 Å². The van der Waals surface area contributed by atoms with Gasteiger partial charge in [-0.05, 0) is 26.7 Å². The molecule has 0 fully saturated rings. The third-order valence-corrected chi connectivity index (χ3v) is 2.59. The molecule has 0 saturated heterocycles. The van der Waals surface area contributed by atoms with Gasteiger partial charge in [-0.1, -0.05) is 13.8 Å². The number of nitrogens with one attached hydrogen (secondary N) is 3. The normalized spacial score (nSPS) is 14.3. The van der Waals surface area contributed by atoms with Crippen LogP contribution in [0.5, 0.6) is 0 Å². The first-order valence-electron chi connectivity index (χ1n) is 6.43. The van der Waals surface area contributed by atoms with Crippen molar-refractivity contribution in [2.45, 2.75) is 52.6 Å². The monoisotopic (exact) mass is 272 g/mol. The van der Waals surface area contributed by atoms with E-state index in [-0.39, 0.29) is 18.1 Å². The van der Waals surface area contributed by atoms with Crippen molar-refractivity contribution in [1.82, 2.24) is 16.0 Å². The van der Waals surface area contributed by atoms with Crippen molar-refractivity contribution in [2.24, 2.45) is 4.99 Å². The van der Waals surface area contributed by atoms with E-state index >= 15 is 0 Å². The SMILES string of the molecule is CCC(C)NC(=O)N=C(NC(=O)NC(C)CC)OC. The van der Waals surface area contributed by atoms with Gasteiger partial charge < -0.3 is 15.4 Å². The van der Waals surface area contributed by atoms with Gasteiger partial charge in [0.15, 0.2) is 0 Å². The van der Waals surface area contributed by atoms with E-state index in [0.29, 0.717) is 0 Å². The molecular formula is C12H24N4O3. The van der Waals surface area contributed by atoms with Gasteiger partial charge in [0.05, 0.1) is 7.11 Å². The summed E-state index contributed by atoms with van der Waals surface area (Å²) in [6.07, 6.45) is 1.60. The Bertz CT molecular complexity index is 331. The Hall–Kier alpha value is -1.79. The Morgan fingerprint density at radius 1 is 1.11 bits per heavy atom. The average molecular weight is 272 g/mol. The van der Waals surface area contributed by atoms with Crippen LogP contribution in [-0.2, 0) is 4.74 Å². The highest BCUT2D eigenvalue weighted by molar-refractivity contribution is 5.98. The quantitative estimate of drug-likeness (QED) is 0.536. The molecule has 2 atom stereocenters. The summed E-state index contributed by atoms with van der Waals surface area (Å²) in [5.74, 6) is 0. The summed E-state index contributed by atoms with van der Waals surface area (Å²) in [6, 6.07) is -1.08. The van der Waals surface area contributed by atoms with Crippen molar-refractivity contribution < 1.29 is 14.3 Å². The van der Waals surface area contributed by atoms with Crippen LogP contribution in [0.15, 0.2) is 4.99 Å². The molecule has 0 aromatic heterocycles. The van der Waals surface area contributed by atoms with Crippen LogP contribution in [0.4, 0.5) is 9.59 Å². The van der Waals surface area contributed by atoms with Crippen LogP contribution in [0.3, 0.4) is 0 Å². The zero-order valence-corrected chi connectivity index (χ0v) is 12.2. The van der Waals surface area contributed by atoms with E-state index in [9.17, 15) is 9.59 Å². The largest absolute Gasteiger partial charge is 0.468 e. The number of urea groups is 2.